The van der Waals surface area contributed by atoms with E-state index < -0.39 is 0 Å². The van der Waals surface area contributed by atoms with Crippen LogP contribution in [-0.2, 0) is 17.8 Å². The number of ether oxygens (including phenoxy) is 1. The molecule has 0 bridgehead atoms. The molecule has 0 aliphatic carbocycles. The molecule has 2 aromatic carbocycles. The smallest absolute Gasteiger partial charge is 0.224 e. The number of nitrogens with two attached hydrogens (primary N) is 1. The molecule has 2 rings (SSSR count). The molecule has 0 atom stereocenters. The summed E-state index contributed by atoms with van der Waals surface area (Å²) in [6.45, 7) is 3.93. The summed E-state index contributed by atoms with van der Waals surface area (Å²) >= 11 is 0. The molecule has 0 saturated heterocycles. The normalized spacial score (nSPS) is 10.0. The van der Waals surface area contributed by atoms with Gasteiger partial charge < -0.3 is 15.8 Å². The van der Waals surface area contributed by atoms with Gasteiger partial charge in [0.15, 0.2) is 0 Å². The first kappa shape index (κ1) is 21.0. The Bertz CT molecular complexity index is 662. The maximum atomic E-state index is 11.9. The highest BCUT2D eigenvalue weighted by molar-refractivity contribution is 5.85. The van der Waals surface area contributed by atoms with Crippen molar-refractivity contribution >= 4 is 18.3 Å². The number of benzene rings is 2. The minimum absolute atomic E-state index is 0. The van der Waals surface area contributed by atoms with Crippen LogP contribution in [0.25, 0.3) is 0 Å². The lowest BCUT2D eigenvalue weighted by molar-refractivity contribution is -0.120. The topological polar surface area (TPSA) is 64.3 Å². The number of aryl methyl sites for hydroxylation is 1. The van der Waals surface area contributed by atoms with Crippen molar-refractivity contribution in [3.8, 4) is 5.75 Å². The Kier molecular flexibility index (Phi) is 9.66. The van der Waals surface area contributed by atoms with Crippen molar-refractivity contribution in [3.63, 3.8) is 0 Å². The van der Waals surface area contributed by atoms with Crippen molar-refractivity contribution in [3.05, 3.63) is 65.2 Å². The molecule has 0 aliphatic rings. The standard InChI is InChI=1S/C20H26N2O2.ClH/c1-16-6-4-8-18(12-16)15-24-19-9-5-7-17(13-19)14-20(23)22-11-3-2-10-21;/h4-9,12-13H,2-3,10-11,14-15,21H2,1H3,(H,22,23);1H. The fraction of sp³-hybridized carbons (Fsp3) is 0.350. The zero-order chi connectivity index (χ0) is 17.2. The first-order valence-electron chi connectivity index (χ1n) is 8.41. The van der Waals surface area contributed by atoms with E-state index in [-0.39, 0.29) is 18.3 Å². The lowest BCUT2D eigenvalue weighted by Crippen LogP contribution is -2.26. The average molecular weight is 363 g/mol. The second-order valence-corrected chi connectivity index (χ2v) is 5.95. The summed E-state index contributed by atoms with van der Waals surface area (Å²) in [6.07, 6.45) is 2.22. The molecular formula is C20H27ClN2O2. The summed E-state index contributed by atoms with van der Waals surface area (Å²) in [5.74, 6) is 0.813. The molecule has 0 radical (unpaired) electrons. The molecule has 1 amide bonds. The largest absolute Gasteiger partial charge is 0.489 e. The van der Waals surface area contributed by atoms with Crippen molar-refractivity contribution in [2.24, 2.45) is 5.73 Å². The molecule has 0 spiro atoms. The van der Waals surface area contributed by atoms with Crippen LogP contribution >= 0.6 is 12.4 Å². The van der Waals surface area contributed by atoms with Crippen LogP contribution in [0.4, 0.5) is 0 Å². The Morgan fingerprint density at radius 3 is 2.60 bits per heavy atom. The maximum absolute atomic E-state index is 11.9. The number of amides is 1. The highest BCUT2D eigenvalue weighted by Gasteiger charge is 2.04. The number of rotatable bonds is 9. The van der Waals surface area contributed by atoms with E-state index in [9.17, 15) is 4.79 Å². The zero-order valence-electron chi connectivity index (χ0n) is 14.7. The minimum atomic E-state index is 0. The van der Waals surface area contributed by atoms with E-state index in [1.165, 1.54) is 5.56 Å². The van der Waals surface area contributed by atoms with Crippen LogP contribution < -0.4 is 15.8 Å². The third kappa shape index (κ3) is 8.05. The van der Waals surface area contributed by atoms with Gasteiger partial charge in [-0.1, -0.05) is 42.0 Å². The second kappa shape index (κ2) is 11.5. The number of nitrogens with one attached hydrogen (secondary N) is 1. The van der Waals surface area contributed by atoms with E-state index in [2.05, 4.69) is 24.4 Å². The van der Waals surface area contributed by atoms with Gasteiger partial charge in [-0.2, -0.15) is 0 Å². The summed E-state index contributed by atoms with van der Waals surface area (Å²) < 4.78 is 5.84. The third-order valence-electron chi connectivity index (χ3n) is 3.70. The van der Waals surface area contributed by atoms with Gasteiger partial charge in [0, 0.05) is 6.54 Å². The Morgan fingerprint density at radius 2 is 1.84 bits per heavy atom. The Labute approximate surface area is 156 Å². The molecule has 0 aliphatic heterocycles. The number of hydrogen-bond acceptors (Lipinski definition) is 3. The van der Waals surface area contributed by atoms with Gasteiger partial charge >= 0.3 is 0 Å². The van der Waals surface area contributed by atoms with Gasteiger partial charge in [0.25, 0.3) is 0 Å². The molecule has 0 fully saturated rings. The number of halogens is 1. The SMILES string of the molecule is Cc1cccc(COc2cccc(CC(=O)NCCCCN)c2)c1.Cl. The Balaban J connectivity index is 0.00000312. The van der Waals surface area contributed by atoms with Gasteiger partial charge in [-0.25, -0.2) is 0 Å². The van der Waals surface area contributed by atoms with Crippen molar-refractivity contribution < 1.29 is 9.53 Å². The van der Waals surface area contributed by atoms with Gasteiger partial charge in [0.05, 0.1) is 6.42 Å². The molecule has 25 heavy (non-hydrogen) atoms. The van der Waals surface area contributed by atoms with Gasteiger partial charge in [-0.05, 0) is 49.6 Å². The quantitative estimate of drug-likeness (QED) is 0.672. The van der Waals surface area contributed by atoms with Crippen LogP contribution in [0.3, 0.4) is 0 Å². The van der Waals surface area contributed by atoms with Crippen molar-refractivity contribution in [2.45, 2.75) is 32.8 Å². The van der Waals surface area contributed by atoms with E-state index in [1.54, 1.807) is 0 Å². The van der Waals surface area contributed by atoms with Gasteiger partial charge in [0.2, 0.25) is 5.91 Å². The summed E-state index contributed by atoms with van der Waals surface area (Å²) in [5.41, 5.74) is 8.75. The molecule has 0 unspecified atom stereocenters. The van der Waals surface area contributed by atoms with Gasteiger partial charge in [-0.15, -0.1) is 12.4 Å². The number of carbonyl (C=O) groups is 1. The average Bonchev–Trinajstić information content (AvgIpc) is 2.57. The molecule has 3 N–H and O–H groups in total. The van der Waals surface area contributed by atoms with Crippen LogP contribution in [0.15, 0.2) is 48.5 Å². The maximum Gasteiger partial charge on any atom is 0.224 e. The Hall–Kier alpha value is -2.04. The van der Waals surface area contributed by atoms with E-state index in [1.807, 2.05) is 36.4 Å². The third-order valence-corrected chi connectivity index (χ3v) is 3.70. The van der Waals surface area contributed by atoms with Crippen molar-refractivity contribution in [1.82, 2.24) is 5.32 Å². The highest BCUT2D eigenvalue weighted by Crippen LogP contribution is 2.16. The van der Waals surface area contributed by atoms with Crippen LogP contribution in [0.1, 0.15) is 29.5 Å². The number of hydrogen-bond donors (Lipinski definition) is 2. The van der Waals surface area contributed by atoms with Crippen LogP contribution in [0.2, 0.25) is 0 Å². The van der Waals surface area contributed by atoms with E-state index in [4.69, 9.17) is 10.5 Å². The first-order valence-corrected chi connectivity index (χ1v) is 8.41. The lowest BCUT2D eigenvalue weighted by atomic mass is 10.1. The molecule has 2 aromatic rings. The molecule has 0 aromatic heterocycles. The van der Waals surface area contributed by atoms with Gasteiger partial charge in [0.1, 0.15) is 12.4 Å². The molecule has 4 nitrogen and oxygen atoms in total. The first-order chi connectivity index (χ1) is 11.7. The molecular weight excluding hydrogens is 336 g/mol. The van der Waals surface area contributed by atoms with E-state index >= 15 is 0 Å². The number of carbonyl (C=O) groups excluding carboxylic acids is 1. The molecule has 136 valence electrons. The van der Waals surface area contributed by atoms with Crippen molar-refractivity contribution in [1.29, 1.82) is 0 Å². The van der Waals surface area contributed by atoms with E-state index in [0.29, 0.717) is 26.1 Å². The summed E-state index contributed by atoms with van der Waals surface area (Å²) in [4.78, 5) is 11.9. The number of unbranched alkanes of at least 4 members (excludes halogenated alkanes) is 1. The summed E-state index contributed by atoms with van der Waals surface area (Å²) in [7, 11) is 0. The van der Waals surface area contributed by atoms with Crippen LogP contribution in [0, 0.1) is 6.92 Å². The highest BCUT2D eigenvalue weighted by atomic mass is 35.5. The fourth-order valence-corrected chi connectivity index (χ4v) is 2.46. The van der Waals surface area contributed by atoms with Crippen LogP contribution in [-0.4, -0.2) is 19.0 Å². The van der Waals surface area contributed by atoms with E-state index in [0.717, 1.165) is 29.7 Å². The lowest BCUT2D eigenvalue weighted by Gasteiger charge is -2.09. The molecule has 0 heterocycles. The minimum Gasteiger partial charge on any atom is -0.489 e. The monoisotopic (exact) mass is 362 g/mol. The van der Waals surface area contributed by atoms with Crippen molar-refractivity contribution in [2.75, 3.05) is 13.1 Å². The summed E-state index contributed by atoms with van der Waals surface area (Å²) in [6, 6.07) is 16.0. The summed E-state index contributed by atoms with van der Waals surface area (Å²) in [5, 5.41) is 2.91. The van der Waals surface area contributed by atoms with Crippen LogP contribution in [0.5, 0.6) is 5.75 Å². The fourth-order valence-electron chi connectivity index (χ4n) is 2.46. The zero-order valence-corrected chi connectivity index (χ0v) is 15.5. The Morgan fingerprint density at radius 1 is 1.08 bits per heavy atom. The molecule has 0 saturated carbocycles. The second-order valence-electron chi connectivity index (χ2n) is 5.95. The molecule has 5 heteroatoms. The predicted molar refractivity (Wildman–Crippen MR) is 104 cm³/mol. The van der Waals surface area contributed by atoms with Gasteiger partial charge in [-0.3, -0.25) is 4.79 Å². The predicted octanol–water partition coefficient (Wildman–Crippen LogP) is 3.39.